The van der Waals surface area contributed by atoms with Gasteiger partial charge in [-0.05, 0) is 24.6 Å². The van der Waals surface area contributed by atoms with Crippen LogP contribution in [0.25, 0.3) is 11.5 Å². The van der Waals surface area contributed by atoms with Gasteiger partial charge in [-0.2, -0.15) is 0 Å². The van der Waals surface area contributed by atoms with Gasteiger partial charge in [0, 0.05) is 25.2 Å². The van der Waals surface area contributed by atoms with Crippen LogP contribution in [0.15, 0.2) is 28.9 Å². The maximum atomic E-state index is 13.2. The van der Waals surface area contributed by atoms with Crippen LogP contribution in [0.2, 0.25) is 0 Å². The van der Waals surface area contributed by atoms with Gasteiger partial charge in [-0.1, -0.05) is 0 Å². The summed E-state index contributed by atoms with van der Waals surface area (Å²) < 4.78 is 31.3. The van der Waals surface area contributed by atoms with E-state index in [0.29, 0.717) is 24.3 Å². The zero-order valence-corrected chi connectivity index (χ0v) is 10.7. The molecule has 0 saturated carbocycles. The van der Waals surface area contributed by atoms with Crippen molar-refractivity contribution in [1.29, 1.82) is 0 Å². The van der Waals surface area contributed by atoms with Crippen molar-refractivity contribution in [2.45, 2.75) is 19.1 Å². The minimum absolute atomic E-state index is 0.263. The molecule has 1 aliphatic rings. The summed E-state index contributed by atoms with van der Waals surface area (Å²) in [5.74, 6) is -1.56. The fraction of sp³-hybridized carbons (Fsp3) is 0.357. The SMILES string of the molecule is O[C@H]1CCN(Cc2coc(-c3ccc(F)c(F)c3)n2)C1. The summed E-state index contributed by atoms with van der Waals surface area (Å²) in [4.78, 5) is 6.33. The molecule has 3 rings (SSSR count). The molecule has 106 valence electrons. The summed E-state index contributed by atoms with van der Waals surface area (Å²) in [6, 6.07) is 3.53. The molecule has 1 fully saturated rings. The molecule has 1 aromatic carbocycles. The minimum Gasteiger partial charge on any atom is -0.444 e. The molecule has 0 amide bonds. The first kappa shape index (κ1) is 13.2. The molecule has 0 aliphatic carbocycles. The number of hydrogen-bond donors (Lipinski definition) is 1. The average molecular weight is 280 g/mol. The van der Waals surface area contributed by atoms with E-state index in [4.69, 9.17) is 4.42 Å². The Bertz CT molecular complexity index is 615. The van der Waals surface area contributed by atoms with E-state index in [1.54, 1.807) is 0 Å². The highest BCUT2D eigenvalue weighted by Gasteiger charge is 2.21. The van der Waals surface area contributed by atoms with E-state index in [2.05, 4.69) is 9.88 Å². The van der Waals surface area contributed by atoms with Crippen molar-refractivity contribution < 1.29 is 18.3 Å². The van der Waals surface area contributed by atoms with E-state index >= 15 is 0 Å². The van der Waals surface area contributed by atoms with Crippen LogP contribution in [-0.2, 0) is 6.54 Å². The first-order valence-electron chi connectivity index (χ1n) is 6.42. The Morgan fingerprint density at radius 2 is 2.20 bits per heavy atom. The highest BCUT2D eigenvalue weighted by Crippen LogP contribution is 2.22. The smallest absolute Gasteiger partial charge is 0.226 e. The zero-order chi connectivity index (χ0) is 14.1. The normalized spacial score (nSPS) is 19.6. The first-order valence-corrected chi connectivity index (χ1v) is 6.42. The number of rotatable bonds is 3. The number of benzene rings is 1. The first-order chi connectivity index (χ1) is 9.61. The zero-order valence-electron chi connectivity index (χ0n) is 10.7. The van der Waals surface area contributed by atoms with Gasteiger partial charge >= 0.3 is 0 Å². The van der Waals surface area contributed by atoms with Gasteiger partial charge in [0.1, 0.15) is 6.26 Å². The fourth-order valence-corrected chi connectivity index (χ4v) is 2.33. The molecular weight excluding hydrogens is 266 g/mol. The maximum absolute atomic E-state index is 13.2. The third-order valence-electron chi connectivity index (χ3n) is 3.35. The van der Waals surface area contributed by atoms with E-state index in [1.807, 2.05) is 0 Å². The number of β-amino-alcohol motifs (C(OH)–C–C–N with tert-alkyl or cyclic N) is 1. The van der Waals surface area contributed by atoms with Crippen LogP contribution in [0.1, 0.15) is 12.1 Å². The Morgan fingerprint density at radius 3 is 2.90 bits per heavy atom. The van der Waals surface area contributed by atoms with Crippen LogP contribution >= 0.6 is 0 Å². The van der Waals surface area contributed by atoms with Crippen LogP contribution in [0, 0.1) is 11.6 Å². The largest absolute Gasteiger partial charge is 0.444 e. The lowest BCUT2D eigenvalue weighted by Crippen LogP contribution is -2.21. The predicted octanol–water partition coefficient (Wildman–Crippen LogP) is 2.19. The van der Waals surface area contributed by atoms with Gasteiger partial charge in [0.2, 0.25) is 5.89 Å². The van der Waals surface area contributed by atoms with Crippen molar-refractivity contribution >= 4 is 0 Å². The second kappa shape index (κ2) is 5.30. The molecule has 4 nitrogen and oxygen atoms in total. The summed E-state index contributed by atoms with van der Waals surface area (Å²) in [5.41, 5.74) is 1.11. The summed E-state index contributed by atoms with van der Waals surface area (Å²) in [7, 11) is 0. The Labute approximate surface area is 114 Å². The average Bonchev–Trinajstić information content (AvgIpc) is 3.03. The summed E-state index contributed by atoms with van der Waals surface area (Å²) >= 11 is 0. The summed E-state index contributed by atoms with van der Waals surface area (Å²) in [6.07, 6.45) is 1.97. The summed E-state index contributed by atoms with van der Waals surface area (Å²) in [5, 5.41) is 9.45. The standard InChI is InChI=1S/C14H14F2N2O2/c15-12-2-1-9(5-13(12)16)14-17-10(8-20-14)6-18-4-3-11(19)7-18/h1-2,5,8,11,19H,3-4,6-7H2/t11-/m0/s1. The van der Waals surface area contributed by atoms with Crippen molar-refractivity contribution in [2.75, 3.05) is 13.1 Å². The quantitative estimate of drug-likeness (QED) is 0.936. The highest BCUT2D eigenvalue weighted by molar-refractivity contribution is 5.53. The Balaban J connectivity index is 1.74. The molecule has 2 aromatic rings. The van der Waals surface area contributed by atoms with Crippen LogP contribution in [-0.4, -0.2) is 34.2 Å². The van der Waals surface area contributed by atoms with E-state index in [0.717, 1.165) is 25.1 Å². The number of hydrogen-bond acceptors (Lipinski definition) is 4. The number of likely N-dealkylation sites (tertiary alicyclic amines) is 1. The van der Waals surface area contributed by atoms with Gasteiger partial charge < -0.3 is 9.52 Å². The van der Waals surface area contributed by atoms with E-state index in [-0.39, 0.29) is 12.0 Å². The number of nitrogens with zero attached hydrogens (tertiary/aromatic N) is 2. The molecule has 6 heteroatoms. The van der Waals surface area contributed by atoms with Gasteiger partial charge in [-0.3, -0.25) is 4.90 Å². The second-order valence-electron chi connectivity index (χ2n) is 4.95. The molecule has 2 heterocycles. The molecule has 0 radical (unpaired) electrons. The molecule has 0 unspecified atom stereocenters. The van der Waals surface area contributed by atoms with Gasteiger partial charge in [0.15, 0.2) is 11.6 Å². The van der Waals surface area contributed by atoms with Crippen molar-refractivity contribution in [3.8, 4) is 11.5 Å². The Morgan fingerprint density at radius 1 is 1.35 bits per heavy atom. The lowest BCUT2D eigenvalue weighted by Gasteiger charge is -2.11. The predicted molar refractivity (Wildman–Crippen MR) is 67.8 cm³/mol. The third kappa shape index (κ3) is 2.71. The number of aliphatic hydroxyl groups is 1. The lowest BCUT2D eigenvalue weighted by atomic mass is 10.2. The van der Waals surface area contributed by atoms with Crippen molar-refractivity contribution in [1.82, 2.24) is 9.88 Å². The lowest BCUT2D eigenvalue weighted by molar-refractivity contribution is 0.174. The second-order valence-corrected chi connectivity index (χ2v) is 4.95. The molecule has 0 bridgehead atoms. The molecule has 1 aromatic heterocycles. The van der Waals surface area contributed by atoms with Gasteiger partial charge in [-0.15, -0.1) is 0 Å². The number of aromatic nitrogens is 1. The molecule has 1 N–H and O–H groups in total. The van der Waals surface area contributed by atoms with Crippen molar-refractivity contribution in [2.24, 2.45) is 0 Å². The number of oxazole rings is 1. The number of halogens is 2. The van der Waals surface area contributed by atoms with E-state index < -0.39 is 11.6 Å². The summed E-state index contributed by atoms with van der Waals surface area (Å²) in [6.45, 7) is 2.01. The van der Waals surface area contributed by atoms with E-state index in [9.17, 15) is 13.9 Å². The molecular formula is C14H14F2N2O2. The van der Waals surface area contributed by atoms with E-state index in [1.165, 1.54) is 12.3 Å². The highest BCUT2D eigenvalue weighted by atomic mass is 19.2. The van der Waals surface area contributed by atoms with Crippen LogP contribution in [0.5, 0.6) is 0 Å². The topological polar surface area (TPSA) is 49.5 Å². The number of aliphatic hydroxyl groups excluding tert-OH is 1. The van der Waals surface area contributed by atoms with Gasteiger partial charge in [0.05, 0.1) is 11.8 Å². The minimum atomic E-state index is -0.926. The molecule has 1 saturated heterocycles. The monoisotopic (exact) mass is 280 g/mol. The van der Waals surface area contributed by atoms with Crippen molar-refractivity contribution in [3.63, 3.8) is 0 Å². The Hall–Kier alpha value is -1.79. The van der Waals surface area contributed by atoms with Crippen molar-refractivity contribution in [3.05, 3.63) is 41.8 Å². The Kier molecular flexibility index (Phi) is 3.50. The molecule has 0 spiro atoms. The van der Waals surface area contributed by atoms with Crippen LogP contribution in [0.4, 0.5) is 8.78 Å². The van der Waals surface area contributed by atoms with Crippen LogP contribution < -0.4 is 0 Å². The molecule has 1 aliphatic heterocycles. The molecule has 1 atom stereocenters. The molecule has 20 heavy (non-hydrogen) atoms. The third-order valence-corrected chi connectivity index (χ3v) is 3.35. The van der Waals surface area contributed by atoms with Crippen LogP contribution in [0.3, 0.4) is 0 Å². The fourth-order valence-electron chi connectivity index (χ4n) is 2.33. The maximum Gasteiger partial charge on any atom is 0.226 e. The van der Waals surface area contributed by atoms with Gasteiger partial charge in [0.25, 0.3) is 0 Å². The van der Waals surface area contributed by atoms with Gasteiger partial charge in [-0.25, -0.2) is 13.8 Å².